The van der Waals surface area contributed by atoms with Gasteiger partial charge in [0, 0.05) is 29.9 Å². The first-order chi connectivity index (χ1) is 14.4. The van der Waals surface area contributed by atoms with Gasteiger partial charge in [0.05, 0.1) is 10.5 Å². The van der Waals surface area contributed by atoms with E-state index in [-0.39, 0.29) is 10.8 Å². The molecule has 7 heteroatoms. The van der Waals surface area contributed by atoms with Gasteiger partial charge >= 0.3 is 0 Å². The van der Waals surface area contributed by atoms with Crippen LogP contribution in [0.2, 0.25) is 0 Å². The van der Waals surface area contributed by atoms with Gasteiger partial charge in [-0.3, -0.25) is 4.79 Å². The molecule has 1 aliphatic rings. The number of nitrogens with zero attached hydrogens (tertiary/aromatic N) is 1. The number of fused-ring (bicyclic) bond motifs is 1. The van der Waals surface area contributed by atoms with E-state index >= 15 is 0 Å². The molecular formula is C23H22N2O4S. The normalized spacial score (nSPS) is 14.9. The molecule has 0 radical (unpaired) electrons. The van der Waals surface area contributed by atoms with Crippen LogP contribution in [0.5, 0.6) is 0 Å². The second-order valence-electron chi connectivity index (χ2n) is 6.87. The summed E-state index contributed by atoms with van der Waals surface area (Å²) in [7, 11) is -3.50. The second-order valence-corrected chi connectivity index (χ2v) is 8.81. The number of carbonyl (C=O) groups excluding carboxylic acids is 1. The molecule has 3 aromatic rings. The van der Waals surface area contributed by atoms with E-state index in [4.69, 9.17) is 4.42 Å². The van der Waals surface area contributed by atoms with E-state index in [1.807, 2.05) is 38.1 Å². The van der Waals surface area contributed by atoms with Gasteiger partial charge in [-0.2, -0.15) is 4.31 Å². The maximum atomic E-state index is 12.6. The number of amides is 1. The van der Waals surface area contributed by atoms with Crippen molar-refractivity contribution >= 4 is 33.3 Å². The van der Waals surface area contributed by atoms with Crippen molar-refractivity contribution in [2.45, 2.75) is 18.7 Å². The molecule has 4 rings (SSSR count). The van der Waals surface area contributed by atoms with Gasteiger partial charge in [0.1, 0.15) is 11.5 Å². The van der Waals surface area contributed by atoms with Gasteiger partial charge in [-0.15, -0.1) is 0 Å². The number of carbonyl (C=O) groups is 1. The molecule has 0 unspecified atom stereocenters. The Morgan fingerprint density at radius 1 is 0.967 bits per heavy atom. The number of benzene rings is 2. The summed E-state index contributed by atoms with van der Waals surface area (Å²) < 4.78 is 32.6. The zero-order valence-corrected chi connectivity index (χ0v) is 17.6. The Morgan fingerprint density at radius 3 is 2.37 bits per heavy atom. The van der Waals surface area contributed by atoms with Crippen LogP contribution in [-0.2, 0) is 14.8 Å². The summed E-state index contributed by atoms with van der Waals surface area (Å²) in [5.41, 5.74) is 2.93. The Hall–Kier alpha value is -3.16. The van der Waals surface area contributed by atoms with Crippen LogP contribution >= 0.6 is 0 Å². The minimum Gasteiger partial charge on any atom is -0.457 e. The summed E-state index contributed by atoms with van der Waals surface area (Å²) in [4.78, 5) is 12.5. The van der Waals surface area contributed by atoms with Crippen molar-refractivity contribution in [3.05, 3.63) is 72.0 Å². The van der Waals surface area contributed by atoms with Crippen molar-refractivity contribution < 1.29 is 17.6 Å². The smallest absolute Gasteiger partial charge is 0.256 e. The van der Waals surface area contributed by atoms with Gasteiger partial charge in [0.2, 0.25) is 10.0 Å². The summed E-state index contributed by atoms with van der Waals surface area (Å²) in [6.45, 7) is 4.48. The fraction of sp³-hybridized carbons (Fsp3) is 0.174. The first kappa shape index (κ1) is 20.1. The Kier molecular flexibility index (Phi) is 5.32. The van der Waals surface area contributed by atoms with Crippen LogP contribution in [0.15, 0.2) is 70.0 Å². The van der Waals surface area contributed by atoms with E-state index in [2.05, 4.69) is 5.32 Å². The topological polar surface area (TPSA) is 79.6 Å². The van der Waals surface area contributed by atoms with Gasteiger partial charge in [-0.05, 0) is 48.5 Å². The molecule has 0 saturated heterocycles. The molecule has 0 fully saturated rings. The number of sulfonamides is 1. The van der Waals surface area contributed by atoms with Gasteiger partial charge in [-0.1, -0.05) is 32.0 Å². The van der Waals surface area contributed by atoms with Gasteiger partial charge in [-0.25, -0.2) is 8.42 Å². The average molecular weight is 423 g/mol. The largest absolute Gasteiger partial charge is 0.457 e. The molecule has 1 aromatic heterocycles. The predicted molar refractivity (Wildman–Crippen MR) is 117 cm³/mol. The maximum absolute atomic E-state index is 12.6. The fourth-order valence-corrected chi connectivity index (χ4v) is 4.97. The quantitative estimate of drug-likeness (QED) is 0.595. The Bertz CT molecular complexity index is 1220. The molecular weight excluding hydrogens is 400 g/mol. The van der Waals surface area contributed by atoms with Crippen LogP contribution in [0.25, 0.3) is 23.0 Å². The number of rotatable bonds is 6. The molecule has 0 bridgehead atoms. The number of furan rings is 1. The fourth-order valence-electron chi connectivity index (χ4n) is 3.51. The van der Waals surface area contributed by atoms with Gasteiger partial charge < -0.3 is 9.73 Å². The third-order valence-corrected chi connectivity index (χ3v) is 7.17. The molecule has 2 heterocycles. The third kappa shape index (κ3) is 3.58. The summed E-state index contributed by atoms with van der Waals surface area (Å²) in [6.07, 6.45) is 1.71. The molecule has 30 heavy (non-hydrogen) atoms. The molecule has 2 aromatic carbocycles. The van der Waals surface area contributed by atoms with E-state index in [1.54, 1.807) is 42.5 Å². The first-order valence-corrected chi connectivity index (χ1v) is 11.2. The summed E-state index contributed by atoms with van der Waals surface area (Å²) in [5, 5.41) is 2.84. The number of anilines is 1. The SMILES string of the molecule is CCN(CC)S(=O)(=O)c1ccc(-c2ccc(C=C3C(=O)Nc4ccccc43)o2)cc1. The van der Waals surface area contributed by atoms with Crippen LogP contribution in [0.4, 0.5) is 5.69 Å². The van der Waals surface area contributed by atoms with Crippen molar-refractivity contribution in [1.29, 1.82) is 0 Å². The Balaban J connectivity index is 1.60. The van der Waals surface area contributed by atoms with Crippen LogP contribution in [0.3, 0.4) is 0 Å². The van der Waals surface area contributed by atoms with Gasteiger partial charge in [0.25, 0.3) is 5.91 Å². The van der Waals surface area contributed by atoms with Gasteiger partial charge in [0.15, 0.2) is 0 Å². The summed E-state index contributed by atoms with van der Waals surface area (Å²) in [5.74, 6) is 0.979. The van der Waals surface area contributed by atoms with E-state index in [9.17, 15) is 13.2 Å². The van der Waals surface area contributed by atoms with Crippen molar-refractivity contribution in [2.75, 3.05) is 18.4 Å². The lowest BCUT2D eigenvalue weighted by Gasteiger charge is -2.18. The lowest BCUT2D eigenvalue weighted by molar-refractivity contribution is -0.110. The molecule has 1 N–H and O–H groups in total. The highest BCUT2D eigenvalue weighted by Crippen LogP contribution is 2.33. The monoisotopic (exact) mass is 422 g/mol. The highest BCUT2D eigenvalue weighted by molar-refractivity contribution is 7.89. The third-order valence-electron chi connectivity index (χ3n) is 5.11. The van der Waals surface area contributed by atoms with E-state index < -0.39 is 10.0 Å². The van der Waals surface area contributed by atoms with Crippen LogP contribution in [0.1, 0.15) is 25.2 Å². The molecule has 154 valence electrons. The number of nitrogens with one attached hydrogen (secondary N) is 1. The summed E-state index contributed by atoms with van der Waals surface area (Å²) in [6, 6.07) is 17.7. The molecule has 1 aliphatic heterocycles. The van der Waals surface area contributed by atoms with E-state index in [0.717, 1.165) is 16.8 Å². The maximum Gasteiger partial charge on any atom is 0.256 e. The van der Waals surface area contributed by atoms with Crippen molar-refractivity contribution in [3.63, 3.8) is 0 Å². The molecule has 1 amide bonds. The zero-order chi connectivity index (χ0) is 21.3. The van der Waals surface area contributed by atoms with Crippen LogP contribution < -0.4 is 5.32 Å². The number of hydrogen-bond acceptors (Lipinski definition) is 4. The predicted octanol–water partition coefficient (Wildman–Crippen LogP) is 4.47. The standard InChI is InChI=1S/C23H22N2O4S/c1-3-25(4-2)30(27,28)18-12-9-16(10-13-18)22-14-11-17(29-22)15-20-19-7-5-6-8-21(19)24-23(20)26/h5-15H,3-4H2,1-2H3,(H,24,26). The van der Waals surface area contributed by atoms with E-state index in [0.29, 0.717) is 30.2 Å². The minimum absolute atomic E-state index is 0.167. The first-order valence-electron chi connectivity index (χ1n) is 9.77. The van der Waals surface area contributed by atoms with Crippen molar-refractivity contribution in [3.8, 4) is 11.3 Å². The zero-order valence-electron chi connectivity index (χ0n) is 16.8. The highest BCUT2D eigenvalue weighted by atomic mass is 32.2. The van der Waals surface area contributed by atoms with Crippen molar-refractivity contribution in [2.24, 2.45) is 0 Å². The lowest BCUT2D eigenvalue weighted by atomic mass is 10.1. The van der Waals surface area contributed by atoms with Crippen LogP contribution in [0, 0.1) is 0 Å². The minimum atomic E-state index is -3.50. The summed E-state index contributed by atoms with van der Waals surface area (Å²) >= 11 is 0. The molecule has 0 aliphatic carbocycles. The Labute approximate surface area is 175 Å². The lowest BCUT2D eigenvalue weighted by Crippen LogP contribution is -2.30. The molecule has 0 atom stereocenters. The number of hydrogen-bond donors (Lipinski definition) is 1. The molecule has 0 spiro atoms. The highest BCUT2D eigenvalue weighted by Gasteiger charge is 2.24. The van der Waals surface area contributed by atoms with Crippen LogP contribution in [-0.4, -0.2) is 31.7 Å². The van der Waals surface area contributed by atoms with E-state index in [1.165, 1.54) is 4.31 Å². The Morgan fingerprint density at radius 2 is 1.67 bits per heavy atom. The molecule has 0 saturated carbocycles. The number of para-hydroxylation sites is 1. The van der Waals surface area contributed by atoms with Crippen molar-refractivity contribution in [1.82, 2.24) is 4.31 Å². The second kappa shape index (κ2) is 7.93. The average Bonchev–Trinajstić information content (AvgIpc) is 3.34. The molecule has 6 nitrogen and oxygen atoms in total.